The SMILES string of the molecule is CCOP(=O)(OCC)C(Nc1ccc(OC)cc1)/C(C)=N/O. The number of oxime groups is 1. The molecule has 1 unspecified atom stereocenters. The number of ether oxygens (including phenoxy) is 1. The van der Waals surface area contributed by atoms with Gasteiger partial charge in [0.25, 0.3) is 0 Å². The van der Waals surface area contributed by atoms with Crippen molar-refractivity contribution in [3.8, 4) is 5.75 Å². The van der Waals surface area contributed by atoms with Crippen LogP contribution in [0.1, 0.15) is 20.8 Å². The first-order valence-electron chi connectivity index (χ1n) is 6.98. The van der Waals surface area contributed by atoms with Gasteiger partial charge in [-0.1, -0.05) is 5.16 Å². The van der Waals surface area contributed by atoms with Gasteiger partial charge in [-0.05, 0) is 45.0 Å². The predicted octanol–water partition coefficient (Wildman–Crippen LogP) is 3.55. The summed E-state index contributed by atoms with van der Waals surface area (Å²) in [4.78, 5) is 0. The molecule has 1 atom stereocenters. The molecule has 0 saturated heterocycles. The smallest absolute Gasteiger partial charge is 0.358 e. The highest BCUT2D eigenvalue weighted by atomic mass is 31.2. The van der Waals surface area contributed by atoms with Crippen LogP contribution < -0.4 is 10.1 Å². The highest BCUT2D eigenvalue weighted by molar-refractivity contribution is 7.56. The fraction of sp³-hybridized carbons (Fsp3) is 0.500. The van der Waals surface area contributed by atoms with E-state index in [4.69, 9.17) is 19.0 Å². The van der Waals surface area contributed by atoms with Gasteiger partial charge >= 0.3 is 7.60 Å². The molecule has 2 N–H and O–H groups in total. The van der Waals surface area contributed by atoms with Crippen LogP contribution in [-0.4, -0.2) is 37.0 Å². The van der Waals surface area contributed by atoms with Crippen LogP contribution in [0.2, 0.25) is 0 Å². The quantitative estimate of drug-likeness (QED) is 0.311. The van der Waals surface area contributed by atoms with Crippen molar-refractivity contribution in [1.82, 2.24) is 0 Å². The van der Waals surface area contributed by atoms with E-state index in [-0.39, 0.29) is 18.9 Å². The van der Waals surface area contributed by atoms with E-state index in [1.54, 1.807) is 52.1 Å². The highest BCUT2D eigenvalue weighted by Gasteiger charge is 2.38. The van der Waals surface area contributed by atoms with Gasteiger partial charge in [-0.15, -0.1) is 0 Å². The van der Waals surface area contributed by atoms with Crippen molar-refractivity contribution in [1.29, 1.82) is 0 Å². The topological polar surface area (TPSA) is 89.4 Å². The van der Waals surface area contributed by atoms with Crippen LogP contribution >= 0.6 is 7.60 Å². The Morgan fingerprint density at radius 1 is 1.27 bits per heavy atom. The van der Waals surface area contributed by atoms with E-state index in [9.17, 15) is 4.57 Å². The molecule has 7 nitrogen and oxygen atoms in total. The number of methoxy groups -OCH3 is 1. The molecule has 8 heteroatoms. The van der Waals surface area contributed by atoms with Crippen molar-refractivity contribution >= 4 is 19.0 Å². The first-order valence-corrected chi connectivity index (χ1v) is 8.59. The summed E-state index contributed by atoms with van der Waals surface area (Å²) in [7, 11) is -1.94. The molecule has 0 radical (unpaired) electrons. The van der Waals surface area contributed by atoms with Gasteiger partial charge in [0.2, 0.25) is 0 Å². The minimum Gasteiger partial charge on any atom is -0.497 e. The fourth-order valence-electron chi connectivity index (χ4n) is 1.86. The summed E-state index contributed by atoms with van der Waals surface area (Å²) in [5, 5.41) is 15.2. The molecule has 0 aliphatic heterocycles. The Morgan fingerprint density at radius 2 is 1.82 bits per heavy atom. The number of hydrogen-bond acceptors (Lipinski definition) is 7. The fourth-order valence-corrected chi connectivity index (χ4v) is 3.77. The molecule has 0 aliphatic rings. The van der Waals surface area contributed by atoms with Gasteiger partial charge in [0.1, 0.15) is 5.75 Å². The normalized spacial score (nSPS) is 13.7. The van der Waals surface area contributed by atoms with Gasteiger partial charge < -0.3 is 24.3 Å². The van der Waals surface area contributed by atoms with Gasteiger partial charge in [-0.25, -0.2) is 0 Å². The molecule has 0 bridgehead atoms. The molecule has 0 fully saturated rings. The lowest BCUT2D eigenvalue weighted by atomic mass is 10.3. The van der Waals surface area contributed by atoms with Crippen LogP contribution in [0.4, 0.5) is 5.69 Å². The summed E-state index contributed by atoms with van der Waals surface area (Å²) in [6, 6.07) is 7.05. The number of hydrogen-bond donors (Lipinski definition) is 2. The Balaban J connectivity index is 3.08. The number of anilines is 1. The molecule has 1 rings (SSSR count). The molecule has 22 heavy (non-hydrogen) atoms. The van der Waals surface area contributed by atoms with E-state index >= 15 is 0 Å². The summed E-state index contributed by atoms with van der Waals surface area (Å²) in [6.45, 7) is 5.43. The largest absolute Gasteiger partial charge is 0.497 e. The molecule has 0 aromatic heterocycles. The van der Waals surface area contributed by atoms with E-state index in [1.165, 1.54) is 0 Å². The van der Waals surface area contributed by atoms with Crippen LogP contribution in [0, 0.1) is 0 Å². The van der Waals surface area contributed by atoms with Gasteiger partial charge in [0, 0.05) is 5.69 Å². The maximum Gasteiger partial charge on any atom is 0.358 e. The summed E-state index contributed by atoms with van der Waals surface area (Å²) in [5.41, 5.74) is 0.884. The minimum atomic E-state index is -3.52. The standard InChI is InChI=1S/C14H23N2O5P/c1-5-20-22(18,21-6-2)14(11(3)16-17)15-12-7-9-13(19-4)10-8-12/h7-10,14-15,17H,5-6H2,1-4H3/b16-11+. The van der Waals surface area contributed by atoms with Crippen LogP contribution in [0.25, 0.3) is 0 Å². The highest BCUT2D eigenvalue weighted by Crippen LogP contribution is 2.53. The first kappa shape index (κ1) is 18.5. The van der Waals surface area contributed by atoms with Crippen molar-refractivity contribution < 1.29 is 23.6 Å². The van der Waals surface area contributed by atoms with Crippen LogP contribution in [0.5, 0.6) is 5.75 Å². The van der Waals surface area contributed by atoms with E-state index in [2.05, 4.69) is 10.5 Å². The lowest BCUT2D eigenvalue weighted by Gasteiger charge is -2.27. The van der Waals surface area contributed by atoms with Crippen molar-refractivity contribution in [3.05, 3.63) is 24.3 Å². The number of rotatable bonds is 9. The zero-order chi connectivity index (χ0) is 16.6. The van der Waals surface area contributed by atoms with Crippen LogP contribution in [0.15, 0.2) is 29.4 Å². The third-order valence-electron chi connectivity index (χ3n) is 2.88. The Bertz CT molecular complexity index is 523. The first-order chi connectivity index (χ1) is 10.5. The summed E-state index contributed by atoms with van der Waals surface area (Å²) in [6.07, 6.45) is 0. The molecule has 0 spiro atoms. The number of nitrogens with zero attached hydrogens (tertiary/aromatic N) is 1. The summed E-state index contributed by atoms with van der Waals surface area (Å²) >= 11 is 0. The molecule has 0 heterocycles. The van der Waals surface area contributed by atoms with Crippen LogP contribution in [-0.2, 0) is 13.6 Å². The third kappa shape index (κ3) is 4.73. The van der Waals surface area contributed by atoms with E-state index in [0.717, 1.165) is 0 Å². The zero-order valence-electron chi connectivity index (χ0n) is 13.3. The second-order valence-electron chi connectivity index (χ2n) is 4.39. The molecule has 0 saturated carbocycles. The average Bonchev–Trinajstić information content (AvgIpc) is 2.52. The van der Waals surface area contributed by atoms with Gasteiger partial charge in [0.05, 0.1) is 26.0 Å². The third-order valence-corrected chi connectivity index (χ3v) is 5.25. The Morgan fingerprint density at radius 3 is 2.23 bits per heavy atom. The number of nitrogens with one attached hydrogen (secondary N) is 1. The van der Waals surface area contributed by atoms with E-state index < -0.39 is 13.4 Å². The Kier molecular flexibility index (Phi) is 7.38. The van der Waals surface area contributed by atoms with Crippen molar-refractivity contribution in [2.24, 2.45) is 5.16 Å². The lowest BCUT2D eigenvalue weighted by Crippen LogP contribution is -2.29. The van der Waals surface area contributed by atoms with Crippen molar-refractivity contribution in [2.45, 2.75) is 26.6 Å². The minimum absolute atomic E-state index is 0.209. The predicted molar refractivity (Wildman–Crippen MR) is 86.2 cm³/mol. The molecule has 124 valence electrons. The number of benzene rings is 1. The van der Waals surface area contributed by atoms with E-state index in [1.807, 2.05) is 0 Å². The summed E-state index contributed by atoms with van der Waals surface area (Å²) in [5.74, 6) is -0.182. The molecule has 1 aromatic carbocycles. The van der Waals surface area contributed by atoms with Crippen molar-refractivity contribution in [2.75, 3.05) is 25.6 Å². The monoisotopic (exact) mass is 330 g/mol. The Labute approximate surface area is 130 Å². The molecular formula is C14H23N2O5P. The molecular weight excluding hydrogens is 307 g/mol. The molecule has 1 aromatic rings. The van der Waals surface area contributed by atoms with E-state index in [0.29, 0.717) is 11.4 Å². The second-order valence-corrected chi connectivity index (χ2v) is 6.50. The Hall–Kier alpha value is -1.56. The van der Waals surface area contributed by atoms with Gasteiger partial charge in [0.15, 0.2) is 5.78 Å². The molecule has 0 aliphatic carbocycles. The lowest BCUT2D eigenvalue weighted by molar-refractivity contribution is 0.217. The zero-order valence-corrected chi connectivity index (χ0v) is 14.2. The van der Waals surface area contributed by atoms with Gasteiger partial charge in [-0.3, -0.25) is 4.57 Å². The summed E-state index contributed by atoms with van der Waals surface area (Å²) < 4.78 is 28.7. The second kappa shape index (κ2) is 8.78. The maximum atomic E-state index is 12.9. The maximum absolute atomic E-state index is 12.9. The van der Waals surface area contributed by atoms with Gasteiger partial charge in [-0.2, -0.15) is 0 Å². The molecule has 0 amide bonds. The average molecular weight is 330 g/mol. The van der Waals surface area contributed by atoms with Crippen molar-refractivity contribution in [3.63, 3.8) is 0 Å². The van der Waals surface area contributed by atoms with Crippen LogP contribution in [0.3, 0.4) is 0 Å².